The average Bonchev–Trinajstić information content (AvgIpc) is 3.02. The first-order valence-corrected chi connectivity index (χ1v) is 7.15. The van der Waals surface area contributed by atoms with Crippen molar-refractivity contribution < 1.29 is 0 Å². The molecule has 1 heterocycles. The first kappa shape index (κ1) is 12.4. The number of piperidine rings is 1. The molecule has 0 radical (unpaired) electrons. The van der Waals surface area contributed by atoms with Crippen LogP contribution in [0.1, 0.15) is 46.0 Å². The van der Waals surface area contributed by atoms with E-state index >= 15 is 0 Å². The van der Waals surface area contributed by atoms with Gasteiger partial charge in [0.05, 0.1) is 0 Å². The fraction of sp³-hybridized carbons (Fsp3) is 1.00. The zero-order valence-electron chi connectivity index (χ0n) is 11.1. The van der Waals surface area contributed by atoms with E-state index in [4.69, 9.17) is 0 Å². The van der Waals surface area contributed by atoms with Crippen LogP contribution >= 0.6 is 0 Å². The van der Waals surface area contributed by atoms with Crippen molar-refractivity contribution in [3.63, 3.8) is 0 Å². The van der Waals surface area contributed by atoms with Crippen molar-refractivity contribution in [2.75, 3.05) is 32.7 Å². The Hall–Kier alpha value is -0.0800. The molecule has 1 aliphatic heterocycles. The maximum Gasteiger partial charge on any atom is 0.00476 e. The van der Waals surface area contributed by atoms with Gasteiger partial charge in [-0.25, -0.2) is 0 Å². The standard InChI is InChI=1S/C14H28N2/c1-3-9-16(10-13-5-6-13)12-14(2)7-4-8-15-11-14/h13,15H,3-12H2,1-2H3. The van der Waals surface area contributed by atoms with Gasteiger partial charge in [0.2, 0.25) is 0 Å². The summed E-state index contributed by atoms with van der Waals surface area (Å²) < 4.78 is 0. The summed E-state index contributed by atoms with van der Waals surface area (Å²) in [5.41, 5.74) is 0.530. The molecule has 0 amide bonds. The highest BCUT2D eigenvalue weighted by Gasteiger charge is 2.31. The Morgan fingerprint density at radius 3 is 2.75 bits per heavy atom. The molecule has 1 aliphatic carbocycles. The quantitative estimate of drug-likeness (QED) is 0.746. The number of nitrogens with zero attached hydrogens (tertiary/aromatic N) is 1. The Balaban J connectivity index is 1.81. The summed E-state index contributed by atoms with van der Waals surface area (Å²) in [7, 11) is 0. The Morgan fingerprint density at radius 2 is 2.19 bits per heavy atom. The lowest BCUT2D eigenvalue weighted by molar-refractivity contribution is 0.129. The summed E-state index contributed by atoms with van der Waals surface area (Å²) in [6.07, 6.45) is 7.03. The van der Waals surface area contributed by atoms with Gasteiger partial charge in [-0.15, -0.1) is 0 Å². The zero-order valence-corrected chi connectivity index (χ0v) is 11.1. The molecule has 0 aromatic heterocycles. The van der Waals surface area contributed by atoms with Gasteiger partial charge in [0.15, 0.2) is 0 Å². The number of hydrogen-bond acceptors (Lipinski definition) is 2. The van der Waals surface area contributed by atoms with Crippen molar-refractivity contribution in [2.45, 2.75) is 46.0 Å². The highest BCUT2D eigenvalue weighted by molar-refractivity contribution is 4.86. The number of nitrogens with one attached hydrogen (secondary N) is 1. The molecule has 1 saturated carbocycles. The smallest absolute Gasteiger partial charge is 0.00476 e. The number of rotatable bonds is 6. The number of hydrogen-bond donors (Lipinski definition) is 1. The first-order chi connectivity index (χ1) is 7.72. The molecule has 2 fully saturated rings. The van der Waals surface area contributed by atoms with Gasteiger partial charge >= 0.3 is 0 Å². The van der Waals surface area contributed by atoms with Crippen molar-refractivity contribution in [1.82, 2.24) is 10.2 Å². The van der Waals surface area contributed by atoms with Crippen LogP contribution in [0.3, 0.4) is 0 Å². The van der Waals surface area contributed by atoms with Crippen molar-refractivity contribution in [2.24, 2.45) is 11.3 Å². The molecule has 2 aliphatic rings. The normalized spacial score (nSPS) is 30.9. The molecule has 1 saturated heterocycles. The third-order valence-electron chi connectivity index (χ3n) is 4.04. The Kier molecular flexibility index (Phi) is 4.26. The fourth-order valence-corrected chi connectivity index (χ4v) is 3.01. The molecule has 16 heavy (non-hydrogen) atoms. The molecule has 2 rings (SSSR count). The molecule has 94 valence electrons. The van der Waals surface area contributed by atoms with Crippen LogP contribution in [-0.4, -0.2) is 37.6 Å². The van der Waals surface area contributed by atoms with Crippen LogP contribution in [0.4, 0.5) is 0 Å². The zero-order chi connectivity index (χ0) is 11.4. The van der Waals surface area contributed by atoms with E-state index in [-0.39, 0.29) is 0 Å². The van der Waals surface area contributed by atoms with Crippen LogP contribution < -0.4 is 5.32 Å². The minimum atomic E-state index is 0.530. The molecule has 1 unspecified atom stereocenters. The van der Waals surface area contributed by atoms with Gasteiger partial charge in [-0.3, -0.25) is 0 Å². The van der Waals surface area contributed by atoms with Gasteiger partial charge in [-0.1, -0.05) is 13.8 Å². The Labute approximate surface area is 101 Å². The van der Waals surface area contributed by atoms with Gasteiger partial charge in [0.25, 0.3) is 0 Å². The van der Waals surface area contributed by atoms with Gasteiger partial charge in [0, 0.05) is 19.6 Å². The Bertz CT molecular complexity index is 205. The predicted octanol–water partition coefficient (Wildman–Crippen LogP) is 2.50. The SMILES string of the molecule is CCCN(CC1CC1)CC1(C)CCCNC1. The predicted molar refractivity (Wildman–Crippen MR) is 69.7 cm³/mol. The molecule has 1 atom stereocenters. The lowest BCUT2D eigenvalue weighted by atomic mass is 9.82. The van der Waals surface area contributed by atoms with Crippen LogP contribution in [0.25, 0.3) is 0 Å². The molecule has 0 bridgehead atoms. The second-order valence-electron chi connectivity index (χ2n) is 6.27. The molecule has 2 heteroatoms. The highest BCUT2D eigenvalue weighted by atomic mass is 15.1. The van der Waals surface area contributed by atoms with E-state index in [9.17, 15) is 0 Å². The topological polar surface area (TPSA) is 15.3 Å². The molecule has 2 nitrogen and oxygen atoms in total. The van der Waals surface area contributed by atoms with Crippen LogP contribution in [-0.2, 0) is 0 Å². The summed E-state index contributed by atoms with van der Waals surface area (Å²) >= 11 is 0. The van der Waals surface area contributed by atoms with Crippen LogP contribution in [0.15, 0.2) is 0 Å². The van der Waals surface area contributed by atoms with E-state index < -0.39 is 0 Å². The van der Waals surface area contributed by atoms with E-state index in [1.165, 1.54) is 64.8 Å². The minimum absolute atomic E-state index is 0.530. The summed E-state index contributed by atoms with van der Waals surface area (Å²) in [5, 5.41) is 3.57. The Morgan fingerprint density at radius 1 is 1.38 bits per heavy atom. The highest BCUT2D eigenvalue weighted by Crippen LogP contribution is 2.32. The molecule has 0 aromatic rings. The maximum absolute atomic E-state index is 3.57. The lowest BCUT2D eigenvalue weighted by Crippen LogP contribution is -2.46. The summed E-state index contributed by atoms with van der Waals surface area (Å²) in [6, 6.07) is 0. The second kappa shape index (κ2) is 5.50. The molecular formula is C14H28N2. The lowest BCUT2D eigenvalue weighted by Gasteiger charge is -2.38. The summed E-state index contributed by atoms with van der Waals surface area (Å²) in [4.78, 5) is 2.73. The summed E-state index contributed by atoms with van der Waals surface area (Å²) in [6.45, 7) is 11.2. The molecule has 0 aromatic carbocycles. The second-order valence-corrected chi connectivity index (χ2v) is 6.27. The molecule has 0 spiro atoms. The van der Waals surface area contributed by atoms with Gasteiger partial charge < -0.3 is 10.2 Å². The van der Waals surface area contributed by atoms with E-state index in [2.05, 4.69) is 24.1 Å². The average molecular weight is 224 g/mol. The van der Waals surface area contributed by atoms with Crippen molar-refractivity contribution >= 4 is 0 Å². The van der Waals surface area contributed by atoms with Crippen molar-refractivity contribution in [1.29, 1.82) is 0 Å². The van der Waals surface area contributed by atoms with Crippen molar-refractivity contribution in [3.8, 4) is 0 Å². The van der Waals surface area contributed by atoms with Crippen LogP contribution in [0.2, 0.25) is 0 Å². The van der Waals surface area contributed by atoms with Crippen LogP contribution in [0, 0.1) is 11.3 Å². The van der Waals surface area contributed by atoms with Gasteiger partial charge in [-0.2, -0.15) is 0 Å². The fourth-order valence-electron chi connectivity index (χ4n) is 3.01. The molecule has 1 N–H and O–H groups in total. The monoisotopic (exact) mass is 224 g/mol. The van der Waals surface area contributed by atoms with E-state index in [0.29, 0.717) is 5.41 Å². The van der Waals surface area contributed by atoms with Gasteiger partial charge in [0.1, 0.15) is 0 Å². The van der Waals surface area contributed by atoms with E-state index in [1.54, 1.807) is 0 Å². The molecular weight excluding hydrogens is 196 g/mol. The minimum Gasteiger partial charge on any atom is -0.316 e. The van der Waals surface area contributed by atoms with E-state index in [1.807, 2.05) is 0 Å². The largest absolute Gasteiger partial charge is 0.316 e. The van der Waals surface area contributed by atoms with E-state index in [0.717, 1.165) is 5.92 Å². The van der Waals surface area contributed by atoms with Crippen LogP contribution in [0.5, 0.6) is 0 Å². The van der Waals surface area contributed by atoms with Crippen molar-refractivity contribution in [3.05, 3.63) is 0 Å². The first-order valence-electron chi connectivity index (χ1n) is 7.15. The van der Waals surface area contributed by atoms with Gasteiger partial charge in [-0.05, 0) is 56.5 Å². The summed E-state index contributed by atoms with van der Waals surface area (Å²) in [5.74, 6) is 1.03. The third kappa shape index (κ3) is 3.74. The maximum atomic E-state index is 3.57. The third-order valence-corrected chi connectivity index (χ3v) is 4.04.